The zero-order valence-corrected chi connectivity index (χ0v) is 19.6. The molecule has 32 heavy (non-hydrogen) atoms. The van der Waals surface area contributed by atoms with Gasteiger partial charge in [-0.3, -0.25) is 4.57 Å². The number of imidazole rings is 1. The summed E-state index contributed by atoms with van der Waals surface area (Å²) >= 11 is 6.19. The van der Waals surface area contributed by atoms with Crippen LogP contribution < -0.4 is 4.74 Å². The Morgan fingerprint density at radius 1 is 1.16 bits per heavy atom. The van der Waals surface area contributed by atoms with Crippen molar-refractivity contribution in [2.24, 2.45) is 0 Å². The van der Waals surface area contributed by atoms with Crippen molar-refractivity contribution in [2.45, 2.75) is 58.2 Å². The Morgan fingerprint density at radius 3 is 2.75 bits per heavy atom. The number of aromatic nitrogens is 2. The Labute approximate surface area is 194 Å². The van der Waals surface area contributed by atoms with E-state index in [1.807, 2.05) is 69.3 Å². The number of carbonyl (C=O) groups excluding carboxylic acids is 1. The van der Waals surface area contributed by atoms with Crippen LogP contribution in [-0.2, 0) is 11.3 Å². The van der Waals surface area contributed by atoms with E-state index < -0.39 is 5.60 Å². The molecule has 0 radical (unpaired) electrons. The number of amides is 1. The molecule has 170 valence electrons. The van der Waals surface area contributed by atoms with Gasteiger partial charge in [0.1, 0.15) is 12.2 Å². The van der Waals surface area contributed by atoms with Crippen molar-refractivity contribution in [1.29, 1.82) is 0 Å². The van der Waals surface area contributed by atoms with E-state index in [1.54, 1.807) is 4.90 Å². The summed E-state index contributed by atoms with van der Waals surface area (Å²) in [6, 6.07) is 16.3. The Bertz CT molecular complexity index is 1090. The lowest BCUT2D eigenvalue weighted by atomic mass is 10.0. The number of ether oxygens (including phenoxy) is 2. The molecule has 1 unspecified atom stereocenters. The highest BCUT2D eigenvalue weighted by Crippen LogP contribution is 2.26. The highest BCUT2D eigenvalue weighted by molar-refractivity contribution is 6.30. The number of hydrogen-bond acceptors (Lipinski definition) is 4. The number of para-hydroxylation sites is 2. The SMILES string of the molecule is CC(C)(C)OC(=O)N1CCCCC1COc1nc2ccccc2n1Cc1cccc(Cl)c1. The largest absolute Gasteiger partial charge is 0.462 e. The fourth-order valence-electron chi connectivity index (χ4n) is 4.04. The topological polar surface area (TPSA) is 56.6 Å². The molecule has 0 N–H and O–H groups in total. The van der Waals surface area contributed by atoms with E-state index in [-0.39, 0.29) is 12.1 Å². The Balaban J connectivity index is 1.55. The van der Waals surface area contributed by atoms with Crippen molar-refractivity contribution < 1.29 is 14.3 Å². The highest BCUT2D eigenvalue weighted by Gasteiger charge is 2.31. The van der Waals surface area contributed by atoms with Gasteiger partial charge in [-0.1, -0.05) is 35.9 Å². The van der Waals surface area contributed by atoms with Gasteiger partial charge in [-0.25, -0.2) is 4.79 Å². The number of piperidine rings is 1. The number of rotatable bonds is 5. The van der Waals surface area contributed by atoms with Crippen molar-refractivity contribution in [2.75, 3.05) is 13.2 Å². The number of benzene rings is 2. The first-order valence-corrected chi connectivity index (χ1v) is 11.5. The molecule has 7 heteroatoms. The lowest BCUT2D eigenvalue weighted by Crippen LogP contribution is -2.48. The molecule has 4 rings (SSSR count). The van der Waals surface area contributed by atoms with Crippen LogP contribution in [0.1, 0.15) is 45.6 Å². The van der Waals surface area contributed by atoms with Crippen LogP contribution in [0.4, 0.5) is 4.79 Å². The Hall–Kier alpha value is -2.73. The minimum absolute atomic E-state index is 0.0435. The van der Waals surface area contributed by atoms with Crippen LogP contribution in [0.3, 0.4) is 0 Å². The summed E-state index contributed by atoms with van der Waals surface area (Å²) in [4.78, 5) is 19.3. The molecule has 6 nitrogen and oxygen atoms in total. The van der Waals surface area contributed by atoms with Crippen molar-refractivity contribution in [1.82, 2.24) is 14.5 Å². The standard InChI is InChI=1S/C25H30ClN3O3/c1-25(2,3)32-24(30)28-14-7-6-11-20(28)17-31-23-27-21-12-4-5-13-22(21)29(23)16-18-9-8-10-19(26)15-18/h4-5,8-10,12-13,15,20H,6-7,11,14,16-17H2,1-3H3. The average Bonchev–Trinajstić information content (AvgIpc) is 3.09. The molecule has 1 aliphatic heterocycles. The van der Waals surface area contributed by atoms with E-state index >= 15 is 0 Å². The van der Waals surface area contributed by atoms with Crippen molar-refractivity contribution in [3.05, 3.63) is 59.1 Å². The molecule has 0 aliphatic carbocycles. The predicted molar refractivity (Wildman–Crippen MR) is 126 cm³/mol. The highest BCUT2D eigenvalue weighted by atomic mass is 35.5. The first-order chi connectivity index (χ1) is 15.3. The Morgan fingerprint density at radius 2 is 1.97 bits per heavy atom. The molecule has 1 aromatic heterocycles. The number of likely N-dealkylation sites (tertiary alicyclic amines) is 1. The van der Waals surface area contributed by atoms with Gasteiger partial charge in [0, 0.05) is 11.6 Å². The maximum absolute atomic E-state index is 12.7. The summed E-state index contributed by atoms with van der Waals surface area (Å²) < 4.78 is 13.9. The molecule has 2 heterocycles. The van der Waals surface area contributed by atoms with Crippen LogP contribution in [0.5, 0.6) is 6.01 Å². The second kappa shape index (κ2) is 9.41. The maximum atomic E-state index is 12.7. The lowest BCUT2D eigenvalue weighted by Gasteiger charge is -2.36. The van der Waals surface area contributed by atoms with Crippen LogP contribution in [0.25, 0.3) is 11.0 Å². The zero-order valence-electron chi connectivity index (χ0n) is 18.9. The molecule has 1 saturated heterocycles. The average molecular weight is 456 g/mol. The van der Waals surface area contributed by atoms with Gasteiger partial charge in [-0.05, 0) is 69.9 Å². The number of fused-ring (bicyclic) bond motifs is 1. The number of carbonyl (C=O) groups is 1. The van der Waals surface area contributed by atoms with Crippen LogP contribution >= 0.6 is 11.6 Å². The zero-order chi connectivity index (χ0) is 22.7. The minimum atomic E-state index is -0.523. The molecule has 0 bridgehead atoms. The van der Waals surface area contributed by atoms with E-state index in [1.165, 1.54) is 0 Å². The third kappa shape index (κ3) is 5.36. The summed E-state index contributed by atoms with van der Waals surface area (Å²) in [5.74, 6) is 0. The van der Waals surface area contributed by atoms with E-state index in [4.69, 9.17) is 26.1 Å². The van der Waals surface area contributed by atoms with Gasteiger partial charge >= 0.3 is 6.09 Å². The summed E-state index contributed by atoms with van der Waals surface area (Å²) in [6.07, 6.45) is 2.64. The molecule has 0 saturated carbocycles. The lowest BCUT2D eigenvalue weighted by molar-refractivity contribution is 0.00290. The van der Waals surface area contributed by atoms with Gasteiger partial charge in [0.2, 0.25) is 0 Å². The van der Waals surface area contributed by atoms with Crippen molar-refractivity contribution in [3.63, 3.8) is 0 Å². The second-order valence-corrected chi connectivity index (χ2v) is 9.67. The van der Waals surface area contributed by atoms with Crippen LogP contribution in [0.15, 0.2) is 48.5 Å². The number of halogens is 1. The summed E-state index contributed by atoms with van der Waals surface area (Å²) in [6.45, 7) is 7.31. The normalized spacial score (nSPS) is 16.9. The van der Waals surface area contributed by atoms with Crippen molar-refractivity contribution >= 4 is 28.7 Å². The van der Waals surface area contributed by atoms with Gasteiger partial charge in [0.25, 0.3) is 6.01 Å². The fraction of sp³-hybridized carbons (Fsp3) is 0.440. The van der Waals surface area contributed by atoms with Gasteiger partial charge in [-0.2, -0.15) is 4.98 Å². The third-order valence-electron chi connectivity index (χ3n) is 5.51. The molecular formula is C25H30ClN3O3. The fourth-order valence-corrected chi connectivity index (χ4v) is 4.25. The molecule has 1 fully saturated rings. The van der Waals surface area contributed by atoms with Gasteiger partial charge in [0.15, 0.2) is 0 Å². The van der Waals surface area contributed by atoms with Gasteiger partial charge in [0.05, 0.1) is 23.6 Å². The predicted octanol–water partition coefficient (Wildman–Crippen LogP) is 5.91. The molecule has 0 spiro atoms. The third-order valence-corrected chi connectivity index (χ3v) is 5.74. The quantitative estimate of drug-likeness (QED) is 0.480. The molecule has 1 atom stereocenters. The summed E-state index contributed by atoms with van der Waals surface area (Å²) in [5, 5.41) is 0.699. The summed E-state index contributed by atoms with van der Waals surface area (Å²) in [7, 11) is 0. The summed E-state index contributed by atoms with van der Waals surface area (Å²) in [5.41, 5.74) is 2.41. The van der Waals surface area contributed by atoms with E-state index in [0.29, 0.717) is 30.7 Å². The molecule has 3 aromatic rings. The first-order valence-electron chi connectivity index (χ1n) is 11.1. The molecule has 1 aliphatic rings. The van der Waals surface area contributed by atoms with Gasteiger partial charge < -0.3 is 14.4 Å². The van der Waals surface area contributed by atoms with Crippen molar-refractivity contribution in [3.8, 4) is 6.01 Å². The smallest absolute Gasteiger partial charge is 0.410 e. The van der Waals surface area contributed by atoms with Crippen LogP contribution in [0.2, 0.25) is 5.02 Å². The first kappa shape index (κ1) is 22.5. The van der Waals surface area contributed by atoms with Crippen LogP contribution in [0, 0.1) is 0 Å². The minimum Gasteiger partial charge on any atom is -0.462 e. The van der Waals surface area contributed by atoms with E-state index in [0.717, 1.165) is 35.9 Å². The molecular weight excluding hydrogens is 426 g/mol. The molecule has 1 amide bonds. The van der Waals surface area contributed by atoms with E-state index in [9.17, 15) is 4.79 Å². The number of hydrogen-bond donors (Lipinski definition) is 0. The monoisotopic (exact) mass is 455 g/mol. The van der Waals surface area contributed by atoms with Gasteiger partial charge in [-0.15, -0.1) is 0 Å². The van der Waals surface area contributed by atoms with E-state index in [2.05, 4.69) is 4.57 Å². The molecule has 2 aromatic carbocycles. The second-order valence-electron chi connectivity index (χ2n) is 9.23. The van der Waals surface area contributed by atoms with Crippen LogP contribution in [-0.4, -0.2) is 45.3 Å². The Kier molecular flexibility index (Phi) is 6.60. The number of nitrogens with zero attached hydrogens (tertiary/aromatic N) is 3. The maximum Gasteiger partial charge on any atom is 0.410 e.